The SMILES string of the molecule is CC(C)(C)c1cc(-c2nccc3sc(-c4ccc5ccoc5n4)cc23)cc2ccccc12. The highest BCUT2D eigenvalue weighted by Crippen LogP contribution is 2.40. The van der Waals surface area contributed by atoms with E-state index < -0.39 is 0 Å². The monoisotopic (exact) mass is 434 g/mol. The Labute approximate surface area is 190 Å². The second-order valence-corrected chi connectivity index (χ2v) is 10.3. The van der Waals surface area contributed by atoms with Gasteiger partial charge in [-0.25, -0.2) is 4.98 Å². The first-order chi connectivity index (χ1) is 15.5. The summed E-state index contributed by atoms with van der Waals surface area (Å²) < 4.78 is 6.72. The third-order valence-corrected chi connectivity index (χ3v) is 7.08. The Hall–Kier alpha value is -3.50. The molecule has 0 aliphatic rings. The minimum Gasteiger partial charge on any atom is -0.446 e. The molecule has 156 valence electrons. The van der Waals surface area contributed by atoms with Crippen molar-refractivity contribution in [1.29, 1.82) is 0 Å². The molecule has 4 aromatic heterocycles. The Balaban J connectivity index is 1.56. The van der Waals surface area contributed by atoms with Crippen molar-refractivity contribution in [1.82, 2.24) is 9.97 Å². The number of nitrogens with zero attached hydrogens (tertiary/aromatic N) is 2. The van der Waals surface area contributed by atoms with Crippen molar-refractivity contribution in [3.8, 4) is 21.8 Å². The molecule has 6 aromatic rings. The lowest BCUT2D eigenvalue weighted by Crippen LogP contribution is -2.12. The summed E-state index contributed by atoms with van der Waals surface area (Å²) in [5.74, 6) is 0. The third kappa shape index (κ3) is 3.10. The molecule has 2 aromatic carbocycles. The van der Waals surface area contributed by atoms with Gasteiger partial charge in [0.2, 0.25) is 5.71 Å². The van der Waals surface area contributed by atoms with Crippen LogP contribution in [0.15, 0.2) is 83.6 Å². The van der Waals surface area contributed by atoms with Crippen LogP contribution in [-0.4, -0.2) is 9.97 Å². The molecule has 4 heteroatoms. The topological polar surface area (TPSA) is 38.9 Å². The van der Waals surface area contributed by atoms with Crippen molar-refractivity contribution < 1.29 is 4.42 Å². The molecule has 0 saturated heterocycles. The number of pyridine rings is 2. The maximum Gasteiger partial charge on any atom is 0.226 e. The van der Waals surface area contributed by atoms with E-state index in [9.17, 15) is 0 Å². The average Bonchev–Trinajstić information content (AvgIpc) is 3.43. The van der Waals surface area contributed by atoms with Crippen molar-refractivity contribution in [2.45, 2.75) is 26.2 Å². The highest BCUT2D eigenvalue weighted by Gasteiger charge is 2.20. The second kappa shape index (κ2) is 7.01. The van der Waals surface area contributed by atoms with E-state index in [1.54, 1.807) is 17.6 Å². The van der Waals surface area contributed by atoms with Crippen LogP contribution in [0.3, 0.4) is 0 Å². The summed E-state index contributed by atoms with van der Waals surface area (Å²) in [5.41, 5.74) is 5.13. The van der Waals surface area contributed by atoms with E-state index in [1.165, 1.54) is 21.0 Å². The van der Waals surface area contributed by atoms with Crippen LogP contribution >= 0.6 is 11.3 Å². The van der Waals surface area contributed by atoms with Gasteiger partial charge < -0.3 is 4.42 Å². The number of benzene rings is 2. The number of furan rings is 1. The van der Waals surface area contributed by atoms with Crippen LogP contribution in [0.2, 0.25) is 0 Å². The predicted octanol–water partition coefficient (Wildman–Crippen LogP) is 8.22. The van der Waals surface area contributed by atoms with Crippen LogP contribution in [0.5, 0.6) is 0 Å². The summed E-state index contributed by atoms with van der Waals surface area (Å²) in [5, 5.41) is 4.72. The largest absolute Gasteiger partial charge is 0.446 e. The van der Waals surface area contributed by atoms with Gasteiger partial charge >= 0.3 is 0 Å². The van der Waals surface area contributed by atoms with Gasteiger partial charge in [-0.3, -0.25) is 4.98 Å². The number of hydrogen-bond donors (Lipinski definition) is 0. The van der Waals surface area contributed by atoms with Crippen LogP contribution in [0.4, 0.5) is 0 Å². The van der Waals surface area contributed by atoms with Gasteiger partial charge in [0.25, 0.3) is 0 Å². The molecule has 0 aliphatic heterocycles. The van der Waals surface area contributed by atoms with Crippen molar-refractivity contribution >= 4 is 43.3 Å². The van der Waals surface area contributed by atoms with E-state index in [4.69, 9.17) is 14.4 Å². The van der Waals surface area contributed by atoms with Gasteiger partial charge in [0.05, 0.1) is 22.5 Å². The van der Waals surface area contributed by atoms with Crippen LogP contribution < -0.4 is 0 Å². The zero-order chi connectivity index (χ0) is 21.9. The summed E-state index contributed by atoms with van der Waals surface area (Å²) in [4.78, 5) is 10.7. The maximum absolute atomic E-state index is 5.51. The smallest absolute Gasteiger partial charge is 0.226 e. The number of fused-ring (bicyclic) bond motifs is 3. The van der Waals surface area contributed by atoms with E-state index in [1.807, 2.05) is 12.3 Å². The number of aromatic nitrogens is 2. The lowest BCUT2D eigenvalue weighted by molar-refractivity contribution is 0.596. The third-order valence-electron chi connectivity index (χ3n) is 5.96. The first-order valence-corrected chi connectivity index (χ1v) is 11.6. The molecule has 0 saturated carbocycles. The van der Waals surface area contributed by atoms with Crippen molar-refractivity contribution in [3.63, 3.8) is 0 Å². The molecule has 3 nitrogen and oxygen atoms in total. The minimum absolute atomic E-state index is 0.0334. The zero-order valence-corrected chi connectivity index (χ0v) is 19.0. The lowest BCUT2D eigenvalue weighted by Gasteiger charge is -2.22. The molecule has 0 N–H and O–H groups in total. The Bertz CT molecular complexity index is 1620. The summed E-state index contributed by atoms with van der Waals surface area (Å²) in [7, 11) is 0. The van der Waals surface area contributed by atoms with Crippen LogP contribution in [0.1, 0.15) is 26.3 Å². The molecule has 0 radical (unpaired) electrons. The highest BCUT2D eigenvalue weighted by molar-refractivity contribution is 7.22. The molecule has 0 bridgehead atoms. The predicted molar refractivity (Wildman–Crippen MR) is 134 cm³/mol. The molecule has 4 heterocycles. The van der Waals surface area contributed by atoms with Crippen LogP contribution in [0, 0.1) is 0 Å². The molecule has 32 heavy (non-hydrogen) atoms. The van der Waals surface area contributed by atoms with Crippen LogP contribution in [-0.2, 0) is 5.41 Å². The second-order valence-electron chi connectivity index (χ2n) is 9.19. The maximum atomic E-state index is 5.51. The summed E-state index contributed by atoms with van der Waals surface area (Å²) in [6, 6.07) is 23.6. The molecular weight excluding hydrogens is 412 g/mol. The molecule has 0 spiro atoms. The molecule has 0 atom stereocenters. The fraction of sp³-hybridized carbons (Fsp3) is 0.143. The highest BCUT2D eigenvalue weighted by atomic mass is 32.1. The van der Waals surface area contributed by atoms with E-state index in [0.29, 0.717) is 5.71 Å². The standard InChI is InChI=1S/C28H22N2OS/c1-28(2,3)22-15-19(14-18-6-4-5-7-20(18)22)26-21-16-25(32-24(21)10-12-29-26)23-9-8-17-11-13-31-27(17)30-23/h4-16H,1-3H3. The first kappa shape index (κ1) is 19.2. The van der Waals surface area contributed by atoms with E-state index in [2.05, 4.69) is 81.4 Å². The van der Waals surface area contributed by atoms with Crippen molar-refractivity contribution in [3.05, 3.63) is 84.8 Å². The Kier molecular flexibility index (Phi) is 4.21. The van der Waals surface area contributed by atoms with Gasteiger partial charge in [-0.1, -0.05) is 45.0 Å². The summed E-state index contributed by atoms with van der Waals surface area (Å²) >= 11 is 1.74. The number of hydrogen-bond acceptors (Lipinski definition) is 4. The summed E-state index contributed by atoms with van der Waals surface area (Å²) in [6.45, 7) is 6.81. The first-order valence-electron chi connectivity index (χ1n) is 10.7. The quantitative estimate of drug-likeness (QED) is 0.275. The van der Waals surface area contributed by atoms with Crippen LogP contribution in [0.25, 0.3) is 53.8 Å². The molecule has 0 aliphatic carbocycles. The van der Waals surface area contributed by atoms with Gasteiger partial charge in [-0.05, 0) is 64.2 Å². The fourth-order valence-electron chi connectivity index (χ4n) is 4.37. The van der Waals surface area contributed by atoms with Gasteiger partial charge in [-0.2, -0.15) is 0 Å². The molecule has 0 unspecified atom stereocenters. The fourth-order valence-corrected chi connectivity index (χ4v) is 5.39. The number of rotatable bonds is 2. The molecule has 6 rings (SSSR count). The van der Waals surface area contributed by atoms with Crippen molar-refractivity contribution in [2.24, 2.45) is 0 Å². The van der Waals surface area contributed by atoms with E-state index in [0.717, 1.165) is 32.6 Å². The van der Waals surface area contributed by atoms with Gasteiger partial charge in [0, 0.05) is 27.2 Å². The zero-order valence-electron chi connectivity index (χ0n) is 18.2. The molecular formula is C28H22N2OS. The normalized spacial score (nSPS) is 12.2. The summed E-state index contributed by atoms with van der Waals surface area (Å²) in [6.07, 6.45) is 3.59. The molecule has 0 amide bonds. The van der Waals surface area contributed by atoms with E-state index in [-0.39, 0.29) is 5.41 Å². The minimum atomic E-state index is 0.0334. The number of thiophene rings is 1. The Morgan fingerprint density at radius 3 is 2.59 bits per heavy atom. The average molecular weight is 435 g/mol. The van der Waals surface area contributed by atoms with Gasteiger partial charge in [-0.15, -0.1) is 11.3 Å². The van der Waals surface area contributed by atoms with Crippen molar-refractivity contribution in [2.75, 3.05) is 0 Å². The van der Waals surface area contributed by atoms with E-state index >= 15 is 0 Å². The van der Waals surface area contributed by atoms with Gasteiger partial charge in [0.15, 0.2) is 0 Å². The molecule has 0 fully saturated rings. The van der Waals surface area contributed by atoms with Gasteiger partial charge in [0.1, 0.15) is 0 Å². The lowest BCUT2D eigenvalue weighted by atomic mass is 9.82. The Morgan fingerprint density at radius 2 is 1.72 bits per heavy atom. The Morgan fingerprint density at radius 1 is 0.844 bits per heavy atom.